The second kappa shape index (κ2) is 9.13. The van der Waals surface area contributed by atoms with E-state index in [1.165, 1.54) is 6.07 Å². The number of hydrogen-bond acceptors (Lipinski definition) is 7. The molecule has 1 aliphatic heterocycles. The maximum Gasteiger partial charge on any atom is 0.283 e. The zero-order valence-electron chi connectivity index (χ0n) is 15.8. The summed E-state index contributed by atoms with van der Waals surface area (Å²) in [6.45, 7) is 4.89. The maximum absolute atomic E-state index is 12.6. The van der Waals surface area contributed by atoms with Crippen molar-refractivity contribution < 1.29 is 19.2 Å². The van der Waals surface area contributed by atoms with Crippen LogP contribution in [-0.2, 0) is 4.74 Å². The molecule has 150 valence electrons. The quantitative estimate of drug-likeness (QED) is 0.562. The van der Waals surface area contributed by atoms with Gasteiger partial charge in [-0.25, -0.2) is 0 Å². The van der Waals surface area contributed by atoms with Crippen molar-refractivity contribution in [3.63, 3.8) is 0 Å². The average Bonchev–Trinajstić information content (AvgIpc) is 3.11. The Morgan fingerprint density at radius 1 is 1.36 bits per heavy atom. The minimum absolute atomic E-state index is 0.0185. The Labute approximate surface area is 167 Å². The predicted octanol–water partition coefficient (Wildman–Crippen LogP) is 2.78. The number of thiophene rings is 1. The summed E-state index contributed by atoms with van der Waals surface area (Å²) >= 11 is 1.13. The molecule has 8 nitrogen and oxygen atoms in total. The van der Waals surface area contributed by atoms with Gasteiger partial charge in [0, 0.05) is 25.7 Å². The molecule has 1 saturated heterocycles. The summed E-state index contributed by atoms with van der Waals surface area (Å²) in [5, 5.41) is 14.0. The number of hydrogen-bond donors (Lipinski definition) is 1. The van der Waals surface area contributed by atoms with E-state index in [0.29, 0.717) is 29.5 Å². The van der Waals surface area contributed by atoms with Gasteiger partial charge in [0.05, 0.1) is 41.0 Å². The van der Waals surface area contributed by atoms with Gasteiger partial charge in [-0.1, -0.05) is 12.1 Å². The highest BCUT2D eigenvalue weighted by molar-refractivity contribution is 7.14. The molecule has 2 heterocycles. The summed E-state index contributed by atoms with van der Waals surface area (Å²) in [6, 6.07) is 9.10. The van der Waals surface area contributed by atoms with Gasteiger partial charge in [0.15, 0.2) is 0 Å². The second-order valence-electron chi connectivity index (χ2n) is 6.46. The molecular weight excluding hydrogens is 382 g/mol. The van der Waals surface area contributed by atoms with Crippen LogP contribution in [0.25, 0.3) is 0 Å². The summed E-state index contributed by atoms with van der Waals surface area (Å²) in [5.41, 5.74) is 1.05. The number of ether oxygens (including phenoxy) is 2. The Bertz CT molecular complexity index is 831. The standard InChI is InChI=1S/C19H23N3O5S/c1-13-16(22(24)25)11-18(28-13)19(23)20-12-17(21-7-9-27-10-8-21)14-3-5-15(26-2)6-4-14/h3-6,11,17H,7-10,12H2,1-2H3,(H,20,23). The van der Waals surface area contributed by atoms with Crippen LogP contribution < -0.4 is 10.1 Å². The molecule has 0 radical (unpaired) electrons. The third-order valence-electron chi connectivity index (χ3n) is 4.76. The Kier molecular flexibility index (Phi) is 6.61. The maximum atomic E-state index is 12.6. The molecule has 0 spiro atoms. The summed E-state index contributed by atoms with van der Waals surface area (Å²) in [4.78, 5) is 26.3. The van der Waals surface area contributed by atoms with Crippen LogP contribution in [0.3, 0.4) is 0 Å². The molecule has 1 aromatic carbocycles. The smallest absolute Gasteiger partial charge is 0.283 e. The van der Waals surface area contributed by atoms with Crippen molar-refractivity contribution in [2.45, 2.75) is 13.0 Å². The first-order valence-electron chi connectivity index (χ1n) is 8.98. The van der Waals surface area contributed by atoms with E-state index in [2.05, 4.69) is 10.2 Å². The highest BCUT2D eigenvalue weighted by atomic mass is 32.1. The fourth-order valence-corrected chi connectivity index (χ4v) is 4.12. The number of amides is 1. The molecule has 3 rings (SSSR count). The lowest BCUT2D eigenvalue weighted by Crippen LogP contribution is -2.43. The van der Waals surface area contributed by atoms with Crippen LogP contribution in [0.5, 0.6) is 5.75 Å². The topological polar surface area (TPSA) is 93.9 Å². The number of aryl methyl sites for hydroxylation is 1. The minimum Gasteiger partial charge on any atom is -0.497 e. The van der Waals surface area contributed by atoms with Crippen molar-refractivity contribution in [2.24, 2.45) is 0 Å². The molecule has 1 aromatic heterocycles. The fourth-order valence-electron chi connectivity index (χ4n) is 3.22. The molecule has 1 unspecified atom stereocenters. The van der Waals surface area contributed by atoms with E-state index < -0.39 is 4.92 Å². The van der Waals surface area contributed by atoms with Gasteiger partial charge in [-0.15, -0.1) is 11.3 Å². The first-order chi connectivity index (χ1) is 13.5. The molecule has 0 saturated carbocycles. The highest BCUT2D eigenvalue weighted by Crippen LogP contribution is 2.28. The number of nitrogens with one attached hydrogen (secondary N) is 1. The van der Waals surface area contributed by atoms with E-state index in [4.69, 9.17) is 9.47 Å². The van der Waals surface area contributed by atoms with Crippen LogP contribution >= 0.6 is 11.3 Å². The van der Waals surface area contributed by atoms with Crippen LogP contribution in [-0.4, -0.2) is 55.7 Å². The lowest BCUT2D eigenvalue weighted by Gasteiger charge is -2.35. The molecule has 0 aliphatic carbocycles. The van der Waals surface area contributed by atoms with Gasteiger partial charge >= 0.3 is 0 Å². The molecule has 1 amide bonds. The van der Waals surface area contributed by atoms with Gasteiger partial charge in [0.25, 0.3) is 11.6 Å². The van der Waals surface area contributed by atoms with Crippen molar-refractivity contribution in [1.29, 1.82) is 0 Å². The van der Waals surface area contributed by atoms with Crippen LogP contribution in [0.4, 0.5) is 5.69 Å². The van der Waals surface area contributed by atoms with Gasteiger partial charge < -0.3 is 14.8 Å². The molecule has 28 heavy (non-hydrogen) atoms. The Morgan fingerprint density at radius 3 is 2.61 bits per heavy atom. The Morgan fingerprint density at radius 2 is 2.04 bits per heavy atom. The molecular formula is C19H23N3O5S. The lowest BCUT2D eigenvalue weighted by molar-refractivity contribution is -0.385. The van der Waals surface area contributed by atoms with Crippen molar-refractivity contribution in [2.75, 3.05) is 40.0 Å². The second-order valence-corrected chi connectivity index (χ2v) is 7.71. The molecule has 9 heteroatoms. The number of carbonyl (C=O) groups excluding carboxylic acids is 1. The molecule has 2 aromatic rings. The van der Waals surface area contributed by atoms with E-state index in [-0.39, 0.29) is 17.6 Å². The van der Waals surface area contributed by atoms with Crippen LogP contribution in [0.15, 0.2) is 30.3 Å². The largest absolute Gasteiger partial charge is 0.497 e. The van der Waals surface area contributed by atoms with Crippen LogP contribution in [0.2, 0.25) is 0 Å². The Hall–Kier alpha value is -2.49. The van der Waals surface area contributed by atoms with Gasteiger partial charge in [0.2, 0.25) is 0 Å². The predicted molar refractivity (Wildman–Crippen MR) is 106 cm³/mol. The van der Waals surface area contributed by atoms with E-state index in [1.807, 2.05) is 24.3 Å². The third kappa shape index (κ3) is 4.67. The normalized spacial score (nSPS) is 15.8. The molecule has 1 N–H and O–H groups in total. The summed E-state index contributed by atoms with van der Waals surface area (Å²) in [7, 11) is 1.62. The number of rotatable bonds is 7. The minimum atomic E-state index is -0.462. The van der Waals surface area contributed by atoms with Crippen molar-refractivity contribution in [1.82, 2.24) is 10.2 Å². The average molecular weight is 405 g/mol. The van der Waals surface area contributed by atoms with Gasteiger partial charge in [-0.05, 0) is 24.6 Å². The molecule has 1 atom stereocenters. The first-order valence-corrected chi connectivity index (χ1v) is 9.80. The van der Waals surface area contributed by atoms with Gasteiger partial charge in [0.1, 0.15) is 5.75 Å². The number of carbonyl (C=O) groups is 1. The number of morpholine rings is 1. The zero-order chi connectivity index (χ0) is 20.1. The summed E-state index contributed by atoms with van der Waals surface area (Å²) in [6.07, 6.45) is 0. The van der Waals surface area contributed by atoms with E-state index in [1.54, 1.807) is 14.0 Å². The third-order valence-corrected chi connectivity index (χ3v) is 5.79. The van der Waals surface area contributed by atoms with Gasteiger partial charge in [-0.3, -0.25) is 19.8 Å². The van der Waals surface area contributed by atoms with E-state index >= 15 is 0 Å². The first kappa shape index (κ1) is 20.2. The Balaban J connectivity index is 1.74. The number of nitrogens with zero attached hydrogens (tertiary/aromatic N) is 2. The van der Waals surface area contributed by atoms with Crippen molar-refractivity contribution in [3.8, 4) is 5.75 Å². The highest BCUT2D eigenvalue weighted by Gasteiger charge is 2.25. The van der Waals surface area contributed by atoms with E-state index in [0.717, 1.165) is 35.7 Å². The molecule has 1 fully saturated rings. The SMILES string of the molecule is COc1ccc(C(CNC(=O)c2cc([N+](=O)[O-])c(C)s2)N2CCOCC2)cc1. The van der Waals surface area contributed by atoms with Crippen molar-refractivity contribution in [3.05, 3.63) is 55.8 Å². The monoisotopic (exact) mass is 405 g/mol. The van der Waals surface area contributed by atoms with Crippen LogP contribution in [0.1, 0.15) is 26.2 Å². The number of benzene rings is 1. The van der Waals surface area contributed by atoms with Crippen molar-refractivity contribution >= 4 is 22.9 Å². The van der Waals surface area contributed by atoms with Gasteiger partial charge in [-0.2, -0.15) is 0 Å². The number of nitro groups is 1. The lowest BCUT2D eigenvalue weighted by atomic mass is 10.0. The molecule has 0 bridgehead atoms. The van der Waals surface area contributed by atoms with Crippen LogP contribution in [0, 0.1) is 17.0 Å². The zero-order valence-corrected chi connectivity index (χ0v) is 16.7. The number of methoxy groups -OCH3 is 1. The van der Waals surface area contributed by atoms with E-state index in [9.17, 15) is 14.9 Å². The summed E-state index contributed by atoms with van der Waals surface area (Å²) < 4.78 is 10.7. The summed E-state index contributed by atoms with van der Waals surface area (Å²) in [5.74, 6) is 0.475. The fraction of sp³-hybridized carbons (Fsp3) is 0.421. The molecule has 1 aliphatic rings.